The van der Waals surface area contributed by atoms with Gasteiger partial charge < -0.3 is 4.74 Å². The first-order chi connectivity index (χ1) is 20.2. The van der Waals surface area contributed by atoms with Gasteiger partial charge in [0.2, 0.25) is 11.8 Å². The zero-order valence-electron chi connectivity index (χ0n) is 23.1. The summed E-state index contributed by atoms with van der Waals surface area (Å²) in [5.41, 5.74) is 0.206. The van der Waals surface area contributed by atoms with Gasteiger partial charge in [-0.25, -0.2) is 9.88 Å². The first kappa shape index (κ1) is 26.0. The molecule has 42 heavy (non-hydrogen) atoms. The van der Waals surface area contributed by atoms with E-state index in [1.165, 1.54) is 25.3 Å². The maximum absolute atomic E-state index is 14.6. The first-order valence-electron chi connectivity index (χ1n) is 13.8. The van der Waals surface area contributed by atoms with Crippen molar-refractivity contribution >= 4 is 34.1 Å². The number of nitro groups is 1. The van der Waals surface area contributed by atoms with E-state index in [9.17, 15) is 24.5 Å². The van der Waals surface area contributed by atoms with Crippen molar-refractivity contribution in [2.24, 2.45) is 17.8 Å². The van der Waals surface area contributed by atoms with Gasteiger partial charge in [-0.2, -0.15) is 0 Å². The number of aromatic nitrogens is 2. The van der Waals surface area contributed by atoms with Gasteiger partial charge in [0, 0.05) is 17.7 Å². The number of rotatable bonds is 5. The van der Waals surface area contributed by atoms with Crippen LogP contribution in [0.25, 0.3) is 16.6 Å². The van der Waals surface area contributed by atoms with Gasteiger partial charge in [-0.05, 0) is 36.6 Å². The van der Waals surface area contributed by atoms with E-state index in [2.05, 4.69) is 5.32 Å². The summed E-state index contributed by atoms with van der Waals surface area (Å²) in [6.07, 6.45) is 0.590. The molecule has 7 rings (SSSR count). The van der Waals surface area contributed by atoms with Crippen LogP contribution >= 0.6 is 0 Å². The molecular formula is C31H27N5O6. The van der Waals surface area contributed by atoms with Gasteiger partial charge in [0.25, 0.3) is 11.2 Å². The second-order valence-corrected chi connectivity index (χ2v) is 11.4. The second kappa shape index (κ2) is 9.05. The van der Waals surface area contributed by atoms with E-state index in [0.29, 0.717) is 34.4 Å². The number of carbonyl (C=O) groups excluding carboxylic acids is 2. The molecule has 0 saturated carbocycles. The quantitative estimate of drug-likeness (QED) is 0.220. The van der Waals surface area contributed by atoms with Crippen LogP contribution in [0.3, 0.4) is 0 Å². The average Bonchev–Trinajstić information content (AvgIpc) is 3.55. The molecule has 1 aromatic heterocycles. The topological polar surface area (TPSA) is 137 Å². The Bertz CT molecular complexity index is 1900. The molecule has 0 unspecified atom stereocenters. The lowest BCUT2D eigenvalue weighted by molar-refractivity contribution is -0.384. The van der Waals surface area contributed by atoms with Crippen LogP contribution in [-0.2, 0) is 15.1 Å². The van der Waals surface area contributed by atoms with Crippen LogP contribution in [0.4, 0.5) is 11.4 Å². The summed E-state index contributed by atoms with van der Waals surface area (Å²) in [4.78, 5) is 59.8. The summed E-state index contributed by atoms with van der Waals surface area (Å²) >= 11 is 0. The van der Waals surface area contributed by atoms with Crippen LogP contribution in [0, 0.1) is 27.9 Å². The van der Waals surface area contributed by atoms with Crippen LogP contribution in [0.5, 0.6) is 5.75 Å². The minimum absolute atomic E-state index is 0.0425. The van der Waals surface area contributed by atoms with Crippen molar-refractivity contribution in [3.63, 3.8) is 0 Å². The van der Waals surface area contributed by atoms with Gasteiger partial charge in [0.1, 0.15) is 17.1 Å². The molecule has 2 saturated heterocycles. The highest BCUT2D eigenvalue weighted by Crippen LogP contribution is 2.56. The molecule has 3 aliphatic heterocycles. The van der Waals surface area contributed by atoms with E-state index in [1.807, 2.05) is 38.1 Å². The normalized spacial score (nSPS) is 24.0. The maximum Gasteiger partial charge on any atom is 0.273 e. The standard InChI is InChI=1S/C31H27N5O6/c1-16(2)14-21-25-26(29(39)34(28(25)38)23-13-12-17(36(40)41)15-24(23)42-3)31(33-21)19-9-5-7-11-22(19)35-27(37)18-8-4-6-10-20(18)32-30(31)35/h4-13,15-16,21,25-26,33H,14H2,1-3H3/t21-,25-,26+,31-/m0/s1. The molecule has 0 aliphatic carbocycles. The fraction of sp³-hybridized carbons (Fsp3) is 0.290. The van der Waals surface area contributed by atoms with Crippen LogP contribution in [0.2, 0.25) is 0 Å². The summed E-state index contributed by atoms with van der Waals surface area (Å²) in [5.74, 6) is -2.02. The summed E-state index contributed by atoms with van der Waals surface area (Å²) in [6, 6.07) is 17.9. The van der Waals surface area contributed by atoms with Gasteiger partial charge in [0.05, 0.1) is 52.2 Å². The molecule has 3 aliphatic rings. The molecule has 1 spiro atoms. The van der Waals surface area contributed by atoms with E-state index in [4.69, 9.17) is 9.72 Å². The summed E-state index contributed by atoms with van der Waals surface area (Å²) < 4.78 is 6.99. The number of imide groups is 1. The third-order valence-electron chi connectivity index (χ3n) is 8.70. The Morgan fingerprint density at radius 1 is 1.02 bits per heavy atom. The number of nitrogens with zero attached hydrogens (tertiary/aromatic N) is 4. The van der Waals surface area contributed by atoms with Crippen LogP contribution in [0.1, 0.15) is 31.7 Å². The molecule has 11 heteroatoms. The summed E-state index contributed by atoms with van der Waals surface area (Å²) in [7, 11) is 1.34. The van der Waals surface area contributed by atoms with Crippen molar-refractivity contribution in [2.75, 3.05) is 12.0 Å². The number of carbonyl (C=O) groups is 2. The Balaban J connectivity index is 1.49. The summed E-state index contributed by atoms with van der Waals surface area (Å²) in [6.45, 7) is 4.10. The Morgan fingerprint density at radius 2 is 1.76 bits per heavy atom. The predicted molar refractivity (Wildman–Crippen MR) is 154 cm³/mol. The van der Waals surface area contributed by atoms with Crippen molar-refractivity contribution in [1.82, 2.24) is 14.9 Å². The monoisotopic (exact) mass is 565 g/mol. The number of non-ortho nitro benzene ring substituents is 1. The van der Waals surface area contributed by atoms with Gasteiger partial charge in [-0.1, -0.05) is 44.2 Å². The third kappa shape index (κ3) is 3.31. The lowest BCUT2D eigenvalue weighted by atomic mass is 9.75. The Morgan fingerprint density at radius 3 is 2.50 bits per heavy atom. The molecule has 0 radical (unpaired) electrons. The predicted octanol–water partition coefficient (Wildman–Crippen LogP) is 3.68. The van der Waals surface area contributed by atoms with Crippen LogP contribution in [-0.4, -0.2) is 39.4 Å². The molecule has 0 bridgehead atoms. The molecule has 4 aromatic rings. The van der Waals surface area contributed by atoms with Crippen molar-refractivity contribution in [3.05, 3.63) is 98.6 Å². The number of para-hydroxylation sites is 2. The van der Waals surface area contributed by atoms with E-state index in [1.54, 1.807) is 28.8 Å². The molecule has 2 amide bonds. The Labute approximate surface area is 239 Å². The summed E-state index contributed by atoms with van der Waals surface area (Å²) in [5, 5.41) is 15.5. The fourth-order valence-corrected chi connectivity index (χ4v) is 7.13. The van der Waals surface area contributed by atoms with E-state index >= 15 is 0 Å². The number of hydrogen-bond donors (Lipinski definition) is 1. The minimum atomic E-state index is -1.26. The lowest BCUT2D eigenvalue weighted by Crippen LogP contribution is -2.50. The van der Waals surface area contributed by atoms with Crippen LogP contribution < -0.4 is 20.5 Å². The van der Waals surface area contributed by atoms with E-state index in [-0.39, 0.29) is 28.6 Å². The number of anilines is 1. The van der Waals surface area contributed by atoms with Gasteiger partial charge >= 0.3 is 0 Å². The zero-order chi connectivity index (χ0) is 29.5. The number of benzene rings is 3. The fourth-order valence-electron chi connectivity index (χ4n) is 7.13. The van der Waals surface area contributed by atoms with Crippen molar-refractivity contribution in [2.45, 2.75) is 31.8 Å². The first-order valence-corrected chi connectivity index (χ1v) is 13.8. The van der Waals surface area contributed by atoms with E-state index < -0.39 is 40.2 Å². The lowest BCUT2D eigenvalue weighted by Gasteiger charge is -2.32. The SMILES string of the molecule is COc1cc([N+](=O)[O-])ccc1N1C(=O)[C@H]2[C@H](CC(C)C)N[C@@]3(c4ccccc4-n4c3nc3ccccc3c4=O)[C@H]2C1=O. The number of ether oxygens (including phenoxy) is 1. The molecular weight excluding hydrogens is 538 g/mol. The van der Waals surface area contributed by atoms with Crippen molar-refractivity contribution in [1.29, 1.82) is 0 Å². The van der Waals surface area contributed by atoms with Gasteiger partial charge in [0.15, 0.2) is 0 Å². The molecule has 212 valence electrons. The third-order valence-corrected chi connectivity index (χ3v) is 8.70. The molecule has 11 nitrogen and oxygen atoms in total. The maximum atomic E-state index is 14.6. The zero-order valence-corrected chi connectivity index (χ0v) is 23.1. The highest BCUT2D eigenvalue weighted by Gasteiger charge is 2.70. The molecule has 3 aromatic carbocycles. The van der Waals surface area contributed by atoms with Gasteiger partial charge in [-0.15, -0.1) is 0 Å². The van der Waals surface area contributed by atoms with Crippen molar-refractivity contribution in [3.8, 4) is 11.4 Å². The number of hydrogen-bond acceptors (Lipinski definition) is 8. The number of amides is 2. The number of fused-ring (bicyclic) bond motifs is 8. The van der Waals surface area contributed by atoms with Crippen LogP contribution in [0.15, 0.2) is 71.5 Å². The van der Waals surface area contributed by atoms with Crippen molar-refractivity contribution < 1.29 is 19.2 Å². The largest absolute Gasteiger partial charge is 0.494 e. The molecule has 4 atom stereocenters. The highest BCUT2D eigenvalue weighted by molar-refractivity contribution is 6.24. The van der Waals surface area contributed by atoms with E-state index in [0.717, 1.165) is 4.90 Å². The Kier molecular flexibility index (Phi) is 5.61. The Hall–Kier alpha value is -4.90. The molecule has 1 N–H and O–H groups in total. The number of methoxy groups -OCH3 is 1. The number of nitrogens with one attached hydrogen (secondary N) is 1. The minimum Gasteiger partial charge on any atom is -0.494 e. The highest BCUT2D eigenvalue weighted by atomic mass is 16.6. The smallest absolute Gasteiger partial charge is 0.273 e. The average molecular weight is 566 g/mol. The molecule has 4 heterocycles. The second-order valence-electron chi connectivity index (χ2n) is 11.4. The number of nitro benzene ring substituents is 1. The molecule has 2 fully saturated rings. The van der Waals surface area contributed by atoms with Gasteiger partial charge in [-0.3, -0.25) is 34.4 Å².